The Kier molecular flexibility index (Phi) is 5.29. The Hall–Kier alpha value is -1.34. The summed E-state index contributed by atoms with van der Waals surface area (Å²) >= 11 is 0. The molecule has 22 heavy (non-hydrogen) atoms. The molecule has 2 N–H and O–H groups in total. The minimum Gasteiger partial charge on any atom is -0.399 e. The van der Waals surface area contributed by atoms with Gasteiger partial charge in [0, 0.05) is 12.7 Å². The van der Waals surface area contributed by atoms with Gasteiger partial charge in [-0.05, 0) is 45.6 Å². The zero-order valence-corrected chi connectivity index (χ0v) is 14.0. The maximum absolute atomic E-state index is 6.04. The van der Waals surface area contributed by atoms with Gasteiger partial charge in [-0.3, -0.25) is 5.48 Å². The lowest BCUT2D eigenvalue weighted by atomic mass is 9.79. The molecule has 2 rings (SSSR count). The number of hydroxylamine groups is 2. The largest absolute Gasteiger partial charge is 0.494 e. The van der Waals surface area contributed by atoms with E-state index in [4.69, 9.17) is 14.2 Å². The van der Waals surface area contributed by atoms with Gasteiger partial charge in [-0.15, -0.1) is 0 Å². The molecule has 1 aromatic carbocycles. The van der Waals surface area contributed by atoms with Crippen molar-refractivity contribution in [2.24, 2.45) is 0 Å². The molecule has 1 fully saturated rings. The highest BCUT2D eigenvalue weighted by Crippen LogP contribution is 2.36. The van der Waals surface area contributed by atoms with Gasteiger partial charge in [-0.2, -0.15) is 10.4 Å². The summed E-state index contributed by atoms with van der Waals surface area (Å²) in [5.41, 5.74) is 6.98. The molecule has 1 aliphatic rings. The van der Waals surface area contributed by atoms with Crippen LogP contribution >= 0.6 is 0 Å². The van der Waals surface area contributed by atoms with E-state index < -0.39 is 0 Å². The summed E-state index contributed by atoms with van der Waals surface area (Å²) in [5.74, 6) is 0. The Morgan fingerprint density at radius 1 is 1.09 bits per heavy atom. The second-order valence-corrected chi connectivity index (χ2v) is 6.37. The van der Waals surface area contributed by atoms with Crippen LogP contribution in [-0.4, -0.2) is 18.3 Å². The molecule has 1 heterocycles. The van der Waals surface area contributed by atoms with E-state index in [1.54, 1.807) is 6.20 Å². The van der Waals surface area contributed by atoms with Crippen LogP contribution in [0.3, 0.4) is 0 Å². The Bertz CT molecular complexity index is 499. The van der Waals surface area contributed by atoms with Crippen molar-refractivity contribution in [3.63, 3.8) is 0 Å². The summed E-state index contributed by atoms with van der Waals surface area (Å²) in [7, 11) is -0.320. The number of rotatable bonds is 6. The fourth-order valence-corrected chi connectivity index (χ4v) is 2.03. The van der Waals surface area contributed by atoms with E-state index in [2.05, 4.69) is 38.7 Å². The van der Waals surface area contributed by atoms with Gasteiger partial charge in [0.05, 0.1) is 11.2 Å². The van der Waals surface area contributed by atoms with Crippen molar-refractivity contribution in [3.05, 3.63) is 42.1 Å². The lowest BCUT2D eigenvalue weighted by Gasteiger charge is -2.32. The highest BCUT2D eigenvalue weighted by molar-refractivity contribution is 6.62. The van der Waals surface area contributed by atoms with Gasteiger partial charge in [0.15, 0.2) is 0 Å². The van der Waals surface area contributed by atoms with Gasteiger partial charge in [-0.25, -0.2) is 0 Å². The maximum Gasteiger partial charge on any atom is 0.494 e. The van der Waals surface area contributed by atoms with Gasteiger partial charge in [-0.1, -0.05) is 30.3 Å². The molecule has 6 heteroatoms. The lowest BCUT2D eigenvalue weighted by Crippen LogP contribution is -2.41. The van der Waals surface area contributed by atoms with Crippen LogP contribution < -0.4 is 16.4 Å². The third-order valence-electron chi connectivity index (χ3n) is 4.15. The molecule has 1 aliphatic heterocycles. The second kappa shape index (κ2) is 6.83. The standard InChI is InChI=1S/C16H25BN2O3/c1-6-11-18-22-19-12-13-7-9-14(10-8-13)17-20-15(2,3)16(4,5)21-17/h6-11,18-19H,12H2,1-5H3/b11-6+. The molecular weight excluding hydrogens is 279 g/mol. The van der Waals surface area contributed by atoms with Crippen LogP contribution in [0.25, 0.3) is 0 Å². The first kappa shape index (κ1) is 17.0. The molecule has 1 saturated heterocycles. The van der Waals surface area contributed by atoms with E-state index in [-0.39, 0.29) is 18.3 Å². The minimum absolute atomic E-state index is 0.315. The van der Waals surface area contributed by atoms with Crippen LogP contribution in [-0.2, 0) is 20.8 Å². The molecule has 0 unspecified atom stereocenters. The third kappa shape index (κ3) is 3.90. The highest BCUT2D eigenvalue weighted by Gasteiger charge is 2.51. The van der Waals surface area contributed by atoms with E-state index in [1.807, 2.05) is 37.3 Å². The van der Waals surface area contributed by atoms with Crippen LogP contribution in [0.1, 0.15) is 40.2 Å². The average Bonchev–Trinajstić information content (AvgIpc) is 2.68. The molecular formula is C16H25BN2O3. The van der Waals surface area contributed by atoms with Crippen molar-refractivity contribution in [1.29, 1.82) is 0 Å². The van der Waals surface area contributed by atoms with Crippen molar-refractivity contribution in [3.8, 4) is 0 Å². The minimum atomic E-state index is -0.320. The number of nitrogens with one attached hydrogen (secondary N) is 2. The van der Waals surface area contributed by atoms with E-state index in [9.17, 15) is 0 Å². The predicted molar refractivity (Wildman–Crippen MR) is 88.0 cm³/mol. The fraction of sp³-hybridized carbons (Fsp3) is 0.500. The van der Waals surface area contributed by atoms with Crippen LogP contribution in [0, 0.1) is 0 Å². The zero-order chi connectivity index (χ0) is 16.2. The van der Waals surface area contributed by atoms with Gasteiger partial charge in [0.2, 0.25) is 0 Å². The van der Waals surface area contributed by atoms with Crippen LogP contribution in [0.4, 0.5) is 0 Å². The molecule has 0 aromatic heterocycles. The van der Waals surface area contributed by atoms with Gasteiger partial charge in [0.25, 0.3) is 0 Å². The second-order valence-electron chi connectivity index (χ2n) is 6.37. The first-order chi connectivity index (χ1) is 10.4. The molecule has 1 aromatic rings. The number of hydrogen-bond donors (Lipinski definition) is 2. The topological polar surface area (TPSA) is 51.8 Å². The summed E-state index contributed by atoms with van der Waals surface area (Å²) in [6.45, 7) is 10.7. The molecule has 0 bridgehead atoms. The number of benzene rings is 1. The highest BCUT2D eigenvalue weighted by atomic mass is 16.8. The van der Waals surface area contributed by atoms with Gasteiger partial charge >= 0.3 is 7.12 Å². The Morgan fingerprint density at radius 2 is 1.68 bits per heavy atom. The molecule has 0 spiro atoms. The summed E-state index contributed by atoms with van der Waals surface area (Å²) in [5, 5.41) is 0. The molecule has 0 amide bonds. The van der Waals surface area contributed by atoms with Crippen LogP contribution in [0.15, 0.2) is 36.5 Å². The normalized spacial score (nSPS) is 19.8. The zero-order valence-electron chi connectivity index (χ0n) is 14.0. The van der Waals surface area contributed by atoms with Crippen molar-refractivity contribution in [2.45, 2.75) is 52.4 Å². The summed E-state index contributed by atoms with van der Waals surface area (Å²) in [6.07, 6.45) is 3.55. The molecule has 0 radical (unpaired) electrons. The van der Waals surface area contributed by atoms with Crippen molar-refractivity contribution in [1.82, 2.24) is 11.0 Å². The first-order valence-electron chi connectivity index (χ1n) is 7.55. The Balaban J connectivity index is 1.90. The summed E-state index contributed by atoms with van der Waals surface area (Å²) in [6, 6.07) is 8.12. The number of hydrogen-bond acceptors (Lipinski definition) is 5. The van der Waals surface area contributed by atoms with Crippen molar-refractivity contribution < 1.29 is 14.2 Å². The average molecular weight is 304 g/mol. The quantitative estimate of drug-likeness (QED) is 0.478. The lowest BCUT2D eigenvalue weighted by molar-refractivity contribution is -0.0185. The van der Waals surface area contributed by atoms with E-state index in [0.29, 0.717) is 6.54 Å². The van der Waals surface area contributed by atoms with Crippen LogP contribution in [0.2, 0.25) is 0 Å². The van der Waals surface area contributed by atoms with E-state index in [0.717, 1.165) is 11.0 Å². The Morgan fingerprint density at radius 3 is 2.23 bits per heavy atom. The van der Waals surface area contributed by atoms with Crippen molar-refractivity contribution in [2.75, 3.05) is 0 Å². The van der Waals surface area contributed by atoms with Gasteiger partial charge < -0.3 is 9.31 Å². The monoisotopic (exact) mass is 304 g/mol. The van der Waals surface area contributed by atoms with Crippen LogP contribution in [0.5, 0.6) is 0 Å². The summed E-state index contributed by atoms with van der Waals surface area (Å²) < 4.78 is 12.1. The molecule has 120 valence electrons. The first-order valence-corrected chi connectivity index (χ1v) is 7.55. The smallest absolute Gasteiger partial charge is 0.399 e. The third-order valence-corrected chi connectivity index (χ3v) is 4.15. The van der Waals surface area contributed by atoms with Crippen molar-refractivity contribution >= 4 is 12.6 Å². The number of allylic oxidation sites excluding steroid dienone is 1. The van der Waals surface area contributed by atoms with Gasteiger partial charge in [0.1, 0.15) is 0 Å². The molecule has 5 nitrogen and oxygen atoms in total. The maximum atomic E-state index is 6.04. The van der Waals surface area contributed by atoms with E-state index >= 15 is 0 Å². The fourth-order valence-electron chi connectivity index (χ4n) is 2.03. The molecule has 0 atom stereocenters. The Labute approximate surface area is 133 Å². The SMILES string of the molecule is C/C=C/NONCc1ccc(B2OC(C)(C)C(C)(C)O2)cc1. The van der Waals surface area contributed by atoms with E-state index in [1.165, 1.54) is 0 Å². The summed E-state index contributed by atoms with van der Waals surface area (Å²) in [4.78, 5) is 5.03. The molecule has 0 saturated carbocycles. The predicted octanol–water partition coefficient (Wildman–Crippen LogP) is 2.05. The molecule has 0 aliphatic carbocycles.